The van der Waals surface area contributed by atoms with Crippen LogP contribution in [0.2, 0.25) is 5.02 Å². The highest BCUT2D eigenvalue weighted by Gasteiger charge is 2.11. The number of hydrogen-bond acceptors (Lipinski definition) is 4. The fraction of sp³-hybridized carbons (Fsp3) is 0.182. The van der Waals surface area contributed by atoms with Crippen LogP contribution in [0.3, 0.4) is 0 Å². The van der Waals surface area contributed by atoms with Crippen molar-refractivity contribution in [2.45, 2.75) is 6.92 Å². The lowest BCUT2D eigenvalue weighted by molar-refractivity contribution is 0.415. The smallest absolute Gasteiger partial charge is 0.241 e. The first-order valence-electron chi connectivity index (χ1n) is 4.85. The number of ether oxygens (including phenoxy) is 1. The summed E-state index contributed by atoms with van der Waals surface area (Å²) >= 11 is 5.98. The number of nitrogens with zero attached hydrogens (tertiary/aromatic N) is 4. The monoisotopic (exact) mass is 248 g/mol. The van der Waals surface area contributed by atoms with Gasteiger partial charge in [-0.2, -0.15) is 10.4 Å². The van der Waals surface area contributed by atoms with Gasteiger partial charge in [0.2, 0.25) is 11.8 Å². The Hall–Kier alpha value is -2.06. The van der Waals surface area contributed by atoms with Gasteiger partial charge in [-0.25, -0.2) is 9.67 Å². The summed E-state index contributed by atoms with van der Waals surface area (Å²) in [5, 5.41) is 13.2. The molecule has 0 aliphatic carbocycles. The average molecular weight is 249 g/mol. The predicted molar refractivity (Wildman–Crippen MR) is 62.0 cm³/mol. The van der Waals surface area contributed by atoms with Gasteiger partial charge in [-0.05, 0) is 13.0 Å². The summed E-state index contributed by atoms with van der Waals surface area (Å²) in [5.41, 5.74) is 1.16. The fourth-order valence-electron chi connectivity index (χ4n) is 1.36. The number of nitriles is 1. The highest BCUT2D eigenvalue weighted by molar-refractivity contribution is 6.33. The molecule has 0 aliphatic heterocycles. The summed E-state index contributed by atoms with van der Waals surface area (Å²) in [7, 11) is 1.75. The third-order valence-corrected chi connectivity index (χ3v) is 2.50. The van der Waals surface area contributed by atoms with Crippen LogP contribution in [0.5, 0.6) is 11.8 Å². The first kappa shape index (κ1) is 11.4. The van der Waals surface area contributed by atoms with Gasteiger partial charge < -0.3 is 4.74 Å². The van der Waals surface area contributed by atoms with Crippen LogP contribution in [0.4, 0.5) is 0 Å². The van der Waals surface area contributed by atoms with Crippen molar-refractivity contribution in [3.05, 3.63) is 34.6 Å². The standard InChI is InChI=1S/C11H9ClN4O/c1-7-5-9(16(2)15-7)17-11-10(12)8(6-13)3-4-14-11/h3-5H,1-2H3. The van der Waals surface area contributed by atoms with E-state index in [1.54, 1.807) is 17.8 Å². The first-order valence-corrected chi connectivity index (χ1v) is 5.22. The first-order chi connectivity index (χ1) is 8.11. The Balaban J connectivity index is 2.37. The Bertz CT molecular complexity index is 600. The van der Waals surface area contributed by atoms with Gasteiger partial charge in [0.15, 0.2) is 0 Å². The molecule has 5 nitrogen and oxygen atoms in total. The number of rotatable bonds is 2. The molecule has 0 aliphatic rings. The molecular weight excluding hydrogens is 240 g/mol. The fourth-order valence-corrected chi connectivity index (χ4v) is 1.56. The normalized spacial score (nSPS) is 10.0. The molecule has 0 saturated carbocycles. The van der Waals surface area contributed by atoms with Crippen LogP contribution in [0.25, 0.3) is 0 Å². The molecule has 6 heteroatoms. The molecule has 0 fully saturated rings. The Kier molecular flexibility index (Phi) is 2.98. The van der Waals surface area contributed by atoms with Crippen molar-refractivity contribution in [3.8, 4) is 17.8 Å². The van der Waals surface area contributed by atoms with E-state index in [1.807, 2.05) is 13.0 Å². The molecular formula is C11H9ClN4O. The lowest BCUT2D eigenvalue weighted by atomic mass is 10.3. The van der Waals surface area contributed by atoms with E-state index in [0.29, 0.717) is 11.4 Å². The zero-order chi connectivity index (χ0) is 12.4. The number of halogens is 1. The summed E-state index contributed by atoms with van der Waals surface area (Å²) in [6.45, 7) is 1.85. The molecule has 0 unspecified atom stereocenters. The molecule has 17 heavy (non-hydrogen) atoms. The maximum Gasteiger partial charge on any atom is 0.241 e. The van der Waals surface area contributed by atoms with Gasteiger partial charge in [-0.3, -0.25) is 0 Å². The number of hydrogen-bond donors (Lipinski definition) is 0. The van der Waals surface area contributed by atoms with Gasteiger partial charge in [0.25, 0.3) is 0 Å². The van der Waals surface area contributed by atoms with E-state index >= 15 is 0 Å². The van der Waals surface area contributed by atoms with Gasteiger partial charge in [0.1, 0.15) is 11.1 Å². The molecule has 2 rings (SSSR count). The van der Waals surface area contributed by atoms with Gasteiger partial charge in [-0.1, -0.05) is 11.6 Å². The Morgan fingerprint density at radius 3 is 2.88 bits per heavy atom. The topological polar surface area (TPSA) is 63.7 Å². The highest BCUT2D eigenvalue weighted by Crippen LogP contribution is 2.29. The van der Waals surface area contributed by atoms with Gasteiger partial charge in [0.05, 0.1) is 11.3 Å². The second kappa shape index (κ2) is 4.44. The van der Waals surface area contributed by atoms with E-state index in [9.17, 15) is 0 Å². The van der Waals surface area contributed by atoms with E-state index in [0.717, 1.165) is 5.69 Å². The van der Waals surface area contributed by atoms with Crippen molar-refractivity contribution in [3.63, 3.8) is 0 Å². The minimum atomic E-state index is 0.203. The molecule has 0 amide bonds. The van der Waals surface area contributed by atoms with E-state index < -0.39 is 0 Å². The molecule has 2 aromatic rings. The SMILES string of the molecule is Cc1cc(Oc2nccc(C#N)c2Cl)n(C)n1. The predicted octanol–water partition coefficient (Wildman–Crippen LogP) is 2.44. The van der Waals surface area contributed by atoms with Crippen LogP contribution in [-0.2, 0) is 7.05 Å². The van der Waals surface area contributed by atoms with Crippen LogP contribution in [0.1, 0.15) is 11.3 Å². The molecule has 2 heterocycles. The Morgan fingerprint density at radius 2 is 2.29 bits per heavy atom. The molecule has 0 spiro atoms. The highest BCUT2D eigenvalue weighted by atomic mass is 35.5. The molecule has 0 aromatic carbocycles. The van der Waals surface area contributed by atoms with Gasteiger partial charge >= 0.3 is 0 Å². The maximum atomic E-state index is 8.83. The zero-order valence-corrected chi connectivity index (χ0v) is 10.1. The average Bonchev–Trinajstić information content (AvgIpc) is 2.60. The number of pyridine rings is 1. The minimum Gasteiger partial charge on any atom is -0.419 e. The summed E-state index contributed by atoms with van der Waals surface area (Å²) in [4.78, 5) is 3.99. The van der Waals surface area contributed by atoms with Gasteiger partial charge in [-0.15, -0.1) is 0 Å². The van der Waals surface area contributed by atoms with Crippen molar-refractivity contribution in [1.29, 1.82) is 5.26 Å². The van der Waals surface area contributed by atoms with Crippen molar-refractivity contribution in [2.24, 2.45) is 7.05 Å². The number of aryl methyl sites for hydroxylation is 2. The van der Waals surface area contributed by atoms with Crippen molar-refractivity contribution < 1.29 is 4.74 Å². The summed E-state index contributed by atoms with van der Waals surface area (Å²) in [5.74, 6) is 0.723. The molecule has 0 saturated heterocycles. The molecule has 0 N–H and O–H groups in total. The van der Waals surface area contributed by atoms with E-state index in [2.05, 4.69) is 10.1 Å². The Morgan fingerprint density at radius 1 is 1.53 bits per heavy atom. The van der Waals surface area contributed by atoms with Crippen molar-refractivity contribution in [2.75, 3.05) is 0 Å². The summed E-state index contributed by atoms with van der Waals surface area (Å²) in [6.07, 6.45) is 1.48. The molecule has 0 radical (unpaired) electrons. The quantitative estimate of drug-likeness (QED) is 0.819. The largest absolute Gasteiger partial charge is 0.419 e. The van der Waals surface area contributed by atoms with Crippen molar-refractivity contribution >= 4 is 11.6 Å². The minimum absolute atomic E-state index is 0.203. The summed E-state index contributed by atoms with van der Waals surface area (Å²) in [6, 6.07) is 5.26. The molecule has 2 aromatic heterocycles. The van der Waals surface area contributed by atoms with E-state index in [1.165, 1.54) is 12.3 Å². The molecule has 86 valence electrons. The second-order valence-corrected chi connectivity index (χ2v) is 3.82. The lowest BCUT2D eigenvalue weighted by Crippen LogP contribution is -1.97. The lowest BCUT2D eigenvalue weighted by Gasteiger charge is -2.06. The van der Waals surface area contributed by atoms with Crippen LogP contribution < -0.4 is 4.74 Å². The van der Waals surface area contributed by atoms with Gasteiger partial charge in [0, 0.05) is 19.3 Å². The maximum absolute atomic E-state index is 8.83. The third-order valence-electron chi connectivity index (χ3n) is 2.14. The summed E-state index contributed by atoms with van der Waals surface area (Å²) < 4.78 is 7.09. The van der Waals surface area contributed by atoms with E-state index in [4.69, 9.17) is 21.6 Å². The van der Waals surface area contributed by atoms with Crippen LogP contribution in [0, 0.1) is 18.3 Å². The zero-order valence-electron chi connectivity index (χ0n) is 9.31. The van der Waals surface area contributed by atoms with Crippen LogP contribution >= 0.6 is 11.6 Å². The van der Waals surface area contributed by atoms with Crippen LogP contribution in [-0.4, -0.2) is 14.8 Å². The third kappa shape index (κ3) is 2.22. The molecule has 0 atom stereocenters. The second-order valence-electron chi connectivity index (χ2n) is 3.44. The van der Waals surface area contributed by atoms with E-state index in [-0.39, 0.29) is 10.9 Å². The Labute approximate surface area is 103 Å². The van der Waals surface area contributed by atoms with Crippen LogP contribution in [0.15, 0.2) is 18.3 Å². The molecule has 0 bridgehead atoms. The van der Waals surface area contributed by atoms with Crippen molar-refractivity contribution in [1.82, 2.24) is 14.8 Å². The number of aromatic nitrogens is 3.